The molecular weight excluding hydrogens is 406 g/mol. The van der Waals surface area contributed by atoms with Crippen molar-refractivity contribution >= 4 is 40.3 Å². The van der Waals surface area contributed by atoms with E-state index < -0.39 is 0 Å². The van der Waals surface area contributed by atoms with Gasteiger partial charge in [-0.1, -0.05) is 78.4 Å². The second kappa shape index (κ2) is 8.40. The zero-order valence-electron chi connectivity index (χ0n) is 17.0. The van der Waals surface area contributed by atoms with Crippen LogP contribution >= 0.6 is 11.6 Å². The van der Waals surface area contributed by atoms with Crippen LogP contribution in [0.3, 0.4) is 0 Å². The minimum absolute atomic E-state index is 0.0151. The summed E-state index contributed by atoms with van der Waals surface area (Å²) in [6, 6.07) is 25.9. The fourth-order valence-corrected chi connectivity index (χ4v) is 4.48. The van der Waals surface area contributed by atoms with E-state index in [4.69, 9.17) is 16.6 Å². The lowest BCUT2D eigenvalue weighted by atomic mass is 10.1. The summed E-state index contributed by atoms with van der Waals surface area (Å²) in [5.41, 5.74) is 3.96. The predicted octanol–water partition coefficient (Wildman–Crippen LogP) is 5.92. The number of halogens is 1. The number of carbonyl (C=O) groups is 1. The van der Waals surface area contributed by atoms with Crippen LogP contribution in [0.4, 0.5) is 5.69 Å². The van der Waals surface area contributed by atoms with Crippen LogP contribution in [0.2, 0.25) is 5.02 Å². The fourth-order valence-electron chi connectivity index (χ4n) is 4.24. The molecule has 5 heteroatoms. The van der Waals surface area contributed by atoms with Gasteiger partial charge in [0.2, 0.25) is 5.91 Å². The van der Waals surface area contributed by atoms with Crippen LogP contribution in [0.25, 0.3) is 17.1 Å². The number of amides is 1. The normalized spacial score (nSPS) is 16.6. The Kier molecular flexibility index (Phi) is 5.31. The van der Waals surface area contributed by atoms with E-state index in [2.05, 4.69) is 34.9 Å². The lowest BCUT2D eigenvalue weighted by Gasteiger charge is -2.18. The molecule has 4 aromatic rings. The van der Waals surface area contributed by atoms with Gasteiger partial charge in [-0.3, -0.25) is 4.79 Å². The second-order valence-corrected chi connectivity index (χ2v) is 8.15. The van der Waals surface area contributed by atoms with Gasteiger partial charge < -0.3 is 9.47 Å². The number of aromatic nitrogens is 2. The summed E-state index contributed by atoms with van der Waals surface area (Å²) >= 11 is 6.36. The van der Waals surface area contributed by atoms with Gasteiger partial charge in [-0.15, -0.1) is 0 Å². The van der Waals surface area contributed by atoms with Gasteiger partial charge in [-0.2, -0.15) is 0 Å². The molecule has 0 spiro atoms. The first-order chi connectivity index (χ1) is 15.2. The molecule has 154 valence electrons. The Balaban J connectivity index is 1.47. The molecule has 3 aromatic carbocycles. The number of fused-ring (bicyclic) bond motifs is 1. The van der Waals surface area contributed by atoms with Crippen LogP contribution in [0.5, 0.6) is 0 Å². The molecule has 5 rings (SSSR count). The molecule has 0 aliphatic carbocycles. The summed E-state index contributed by atoms with van der Waals surface area (Å²) in [6.45, 7) is 1.27. The standard InChI is InChI=1S/C26H22ClN3O/c27-21-12-4-6-14-23(21)30-18-20(17-25(30)31)26-28-22-13-5-7-15-24(22)29(26)16-8-11-19-9-2-1-3-10-19/h1-15,20H,16-18H2. The highest BCUT2D eigenvalue weighted by Crippen LogP contribution is 2.36. The Morgan fingerprint density at radius 2 is 1.71 bits per heavy atom. The monoisotopic (exact) mass is 427 g/mol. The number of anilines is 1. The van der Waals surface area contributed by atoms with Crippen LogP contribution in [0.1, 0.15) is 23.7 Å². The van der Waals surface area contributed by atoms with Gasteiger partial charge in [0.25, 0.3) is 0 Å². The Morgan fingerprint density at radius 1 is 0.968 bits per heavy atom. The van der Waals surface area contributed by atoms with Crippen LogP contribution in [-0.4, -0.2) is 22.0 Å². The van der Waals surface area contributed by atoms with E-state index >= 15 is 0 Å². The molecule has 0 N–H and O–H groups in total. The maximum atomic E-state index is 12.9. The third-order valence-corrected chi connectivity index (χ3v) is 6.03. The highest BCUT2D eigenvalue weighted by Gasteiger charge is 2.35. The lowest BCUT2D eigenvalue weighted by Crippen LogP contribution is -2.24. The summed E-state index contributed by atoms with van der Waals surface area (Å²) in [5, 5.41) is 0.593. The van der Waals surface area contributed by atoms with Crippen molar-refractivity contribution in [2.24, 2.45) is 0 Å². The van der Waals surface area contributed by atoms with Crippen molar-refractivity contribution in [2.45, 2.75) is 18.9 Å². The zero-order chi connectivity index (χ0) is 21.2. The number of allylic oxidation sites excluding steroid dienone is 1. The lowest BCUT2D eigenvalue weighted by molar-refractivity contribution is -0.117. The van der Waals surface area contributed by atoms with Crippen molar-refractivity contribution < 1.29 is 4.79 Å². The van der Waals surface area contributed by atoms with Gasteiger partial charge in [-0.25, -0.2) is 4.98 Å². The number of hydrogen-bond acceptors (Lipinski definition) is 2. The Bertz CT molecular complexity index is 1260. The van der Waals surface area contributed by atoms with Gasteiger partial charge >= 0.3 is 0 Å². The first-order valence-corrected chi connectivity index (χ1v) is 10.8. The quantitative estimate of drug-likeness (QED) is 0.396. The molecule has 2 heterocycles. The first kappa shape index (κ1) is 19.6. The Hall–Kier alpha value is -3.37. The Labute approximate surface area is 186 Å². The highest BCUT2D eigenvalue weighted by molar-refractivity contribution is 6.33. The molecule has 1 aromatic heterocycles. The topological polar surface area (TPSA) is 38.1 Å². The smallest absolute Gasteiger partial charge is 0.227 e. The molecule has 1 aliphatic heterocycles. The van der Waals surface area contributed by atoms with Crippen LogP contribution in [0.15, 0.2) is 84.9 Å². The molecule has 4 nitrogen and oxygen atoms in total. The summed E-state index contributed by atoms with van der Waals surface area (Å²) in [6.07, 6.45) is 4.70. The molecule has 1 aliphatic rings. The van der Waals surface area contributed by atoms with E-state index in [0.717, 1.165) is 28.1 Å². The van der Waals surface area contributed by atoms with Crippen molar-refractivity contribution in [3.63, 3.8) is 0 Å². The molecule has 0 bridgehead atoms. The summed E-state index contributed by atoms with van der Waals surface area (Å²) in [7, 11) is 0. The molecule has 0 saturated carbocycles. The maximum Gasteiger partial charge on any atom is 0.227 e. The molecule has 1 atom stereocenters. The van der Waals surface area contributed by atoms with E-state index in [-0.39, 0.29) is 11.8 Å². The van der Waals surface area contributed by atoms with Crippen LogP contribution < -0.4 is 4.90 Å². The average molecular weight is 428 g/mol. The third kappa shape index (κ3) is 3.87. The van der Waals surface area contributed by atoms with Crippen molar-refractivity contribution in [1.82, 2.24) is 9.55 Å². The number of hydrogen-bond donors (Lipinski definition) is 0. The summed E-state index contributed by atoms with van der Waals surface area (Å²) < 4.78 is 2.23. The van der Waals surface area contributed by atoms with Crippen molar-refractivity contribution in [3.8, 4) is 0 Å². The molecule has 1 saturated heterocycles. The van der Waals surface area contributed by atoms with Gasteiger partial charge in [0.15, 0.2) is 0 Å². The summed E-state index contributed by atoms with van der Waals surface area (Å²) in [4.78, 5) is 19.6. The number of rotatable bonds is 5. The number of benzene rings is 3. The van der Waals surface area contributed by atoms with Crippen molar-refractivity contribution in [3.05, 3.63) is 101 Å². The van der Waals surface area contributed by atoms with E-state index in [1.807, 2.05) is 60.7 Å². The van der Waals surface area contributed by atoms with Gasteiger partial charge in [-0.05, 0) is 29.8 Å². The molecule has 1 fully saturated rings. The Morgan fingerprint density at radius 3 is 2.55 bits per heavy atom. The first-order valence-electron chi connectivity index (χ1n) is 10.4. The molecule has 1 amide bonds. The summed E-state index contributed by atoms with van der Waals surface area (Å²) in [5.74, 6) is 1.04. The zero-order valence-corrected chi connectivity index (χ0v) is 17.7. The van der Waals surface area contributed by atoms with Crippen molar-refractivity contribution in [2.75, 3.05) is 11.4 Å². The molecule has 0 radical (unpaired) electrons. The molecule has 1 unspecified atom stereocenters. The largest absolute Gasteiger partial charge is 0.324 e. The van der Waals surface area contributed by atoms with E-state index in [9.17, 15) is 4.79 Å². The SMILES string of the molecule is O=C1CC(c2nc3ccccc3n2CC=Cc2ccccc2)CN1c1ccccc1Cl. The minimum atomic E-state index is 0.0151. The maximum absolute atomic E-state index is 12.9. The van der Waals surface area contributed by atoms with Gasteiger partial charge in [0.1, 0.15) is 5.82 Å². The van der Waals surface area contributed by atoms with Crippen LogP contribution in [0, 0.1) is 0 Å². The number of para-hydroxylation sites is 3. The average Bonchev–Trinajstić information content (AvgIpc) is 3.35. The fraction of sp³-hybridized carbons (Fsp3) is 0.154. The molecular formula is C26H22ClN3O. The van der Waals surface area contributed by atoms with Crippen molar-refractivity contribution in [1.29, 1.82) is 0 Å². The van der Waals surface area contributed by atoms with E-state index in [1.165, 1.54) is 0 Å². The van der Waals surface area contributed by atoms with Gasteiger partial charge in [0, 0.05) is 25.4 Å². The highest BCUT2D eigenvalue weighted by atomic mass is 35.5. The second-order valence-electron chi connectivity index (χ2n) is 7.74. The van der Waals surface area contributed by atoms with E-state index in [0.29, 0.717) is 24.5 Å². The van der Waals surface area contributed by atoms with E-state index in [1.54, 1.807) is 4.90 Å². The number of carbonyl (C=O) groups excluding carboxylic acids is 1. The number of imidazole rings is 1. The van der Waals surface area contributed by atoms with Crippen LogP contribution in [-0.2, 0) is 11.3 Å². The minimum Gasteiger partial charge on any atom is -0.324 e. The van der Waals surface area contributed by atoms with Gasteiger partial charge in [0.05, 0.1) is 21.7 Å². The number of nitrogens with zero attached hydrogens (tertiary/aromatic N) is 3. The predicted molar refractivity (Wildman–Crippen MR) is 126 cm³/mol. The third-order valence-electron chi connectivity index (χ3n) is 5.72. The molecule has 31 heavy (non-hydrogen) atoms.